The van der Waals surface area contributed by atoms with Crippen LogP contribution in [0.15, 0.2) is 59.6 Å². The van der Waals surface area contributed by atoms with Gasteiger partial charge in [-0.3, -0.25) is 9.79 Å². The van der Waals surface area contributed by atoms with E-state index in [9.17, 15) is 45.0 Å². The monoisotopic (exact) mass is 564 g/mol. The topological polar surface area (TPSA) is 206 Å². The van der Waals surface area contributed by atoms with Crippen molar-refractivity contribution < 1.29 is 49.8 Å². The van der Waals surface area contributed by atoms with Crippen LogP contribution in [-0.4, -0.2) is 73.8 Å². The Morgan fingerprint density at radius 3 is 2.29 bits per heavy atom. The molecule has 0 bridgehead atoms. The Morgan fingerprint density at radius 2 is 1.63 bits per heavy atom. The molecule has 1 aliphatic rings. The number of nitrogens with one attached hydrogen (secondary N) is 1. The van der Waals surface area contributed by atoms with Gasteiger partial charge in [0.2, 0.25) is 5.78 Å². The molecule has 0 radical (unpaired) electrons. The quantitative estimate of drug-likeness (QED) is 0.120. The Morgan fingerprint density at radius 1 is 0.951 bits per heavy atom. The molecular formula is C29H28N2O10. The molecular weight excluding hydrogens is 536 g/mol. The summed E-state index contributed by atoms with van der Waals surface area (Å²) in [7, 11) is 0. The average Bonchev–Trinajstić information content (AvgIpc) is 3.16. The third kappa shape index (κ3) is 6.62. The number of aliphatic hydroxyl groups excluding tert-OH is 1. The largest absolute Gasteiger partial charge is 0.508 e. The second-order valence-electron chi connectivity index (χ2n) is 9.44. The van der Waals surface area contributed by atoms with Crippen LogP contribution >= 0.6 is 0 Å². The summed E-state index contributed by atoms with van der Waals surface area (Å²) in [6.45, 7) is 1.04. The number of carboxylic acid groups (broad SMARTS) is 1. The van der Waals surface area contributed by atoms with Crippen molar-refractivity contribution in [2.24, 2.45) is 10.9 Å². The van der Waals surface area contributed by atoms with Crippen LogP contribution in [0.3, 0.4) is 0 Å². The lowest BCUT2D eigenvalue weighted by Crippen LogP contribution is -2.33. The summed E-state index contributed by atoms with van der Waals surface area (Å²) in [6, 6.07) is 11.1. The van der Waals surface area contributed by atoms with Gasteiger partial charge in [0.25, 0.3) is 0 Å². The molecule has 3 aromatic carbocycles. The number of esters is 1. The van der Waals surface area contributed by atoms with Crippen LogP contribution in [0.4, 0.5) is 0 Å². The number of hydrogen-bond donors (Lipinski definition) is 7. The normalized spacial score (nSPS) is 18.0. The van der Waals surface area contributed by atoms with Gasteiger partial charge in [0.1, 0.15) is 34.7 Å². The number of carboxylic acids is 1. The summed E-state index contributed by atoms with van der Waals surface area (Å²) in [5.74, 6) is -6.27. The number of carbonyl (C=O) groups is 3. The van der Waals surface area contributed by atoms with Gasteiger partial charge in [-0.2, -0.15) is 0 Å². The van der Waals surface area contributed by atoms with Gasteiger partial charge in [-0.25, -0.2) is 9.59 Å². The van der Waals surface area contributed by atoms with Crippen molar-refractivity contribution in [3.63, 3.8) is 0 Å². The number of rotatable bonds is 8. The number of phenolic OH excluding ortho intramolecular Hbond substituents is 4. The van der Waals surface area contributed by atoms with Crippen molar-refractivity contribution in [1.29, 1.82) is 0 Å². The standard InChI is InChI=1S/C29H28N2O10/c32-18-8-6-15(7-9-18)27(37)31-14-17-13-30-10-2-5-23(17)41-29(40)16-11-21(34)25(22(35)12-16)26(36)24-19(28(38)39)3-1-4-20(24)33/h1,3-4,6-9,11-12,14,17,23,27,30,32-35,37H,2,5,10,13H2,(H,38,39)/b31-14+/t17?,23-,27?/m1/s1. The van der Waals surface area contributed by atoms with Gasteiger partial charge in [-0.05, 0) is 55.8 Å². The van der Waals surface area contributed by atoms with Crippen LogP contribution in [0.2, 0.25) is 0 Å². The Labute approximate surface area is 233 Å². The van der Waals surface area contributed by atoms with Gasteiger partial charge in [0.15, 0.2) is 6.23 Å². The fraction of sp³-hybridized carbons (Fsp3) is 0.241. The number of phenols is 4. The predicted molar refractivity (Wildman–Crippen MR) is 145 cm³/mol. The predicted octanol–water partition coefficient (Wildman–Crippen LogP) is 2.73. The first kappa shape index (κ1) is 29.1. The lowest BCUT2D eigenvalue weighted by molar-refractivity contribution is 0.0215. The molecule has 3 aromatic rings. The summed E-state index contributed by atoms with van der Waals surface area (Å²) in [5, 5.41) is 63.6. The Bertz CT molecular complexity index is 1460. The zero-order chi connectivity index (χ0) is 29.7. The van der Waals surface area contributed by atoms with E-state index < -0.39 is 69.9 Å². The summed E-state index contributed by atoms with van der Waals surface area (Å²) < 4.78 is 5.68. The summed E-state index contributed by atoms with van der Waals surface area (Å²) >= 11 is 0. The summed E-state index contributed by atoms with van der Waals surface area (Å²) in [6.07, 6.45) is 0.707. The highest BCUT2D eigenvalue weighted by Crippen LogP contribution is 2.35. The number of benzene rings is 3. The van der Waals surface area contributed by atoms with E-state index in [0.717, 1.165) is 24.3 Å². The van der Waals surface area contributed by atoms with E-state index in [0.29, 0.717) is 31.5 Å². The molecule has 0 aliphatic carbocycles. The Hall–Kier alpha value is -4.94. The van der Waals surface area contributed by atoms with E-state index >= 15 is 0 Å². The van der Waals surface area contributed by atoms with Crippen LogP contribution in [-0.2, 0) is 4.74 Å². The first-order valence-electron chi connectivity index (χ1n) is 12.6. The van der Waals surface area contributed by atoms with Gasteiger partial charge in [-0.1, -0.05) is 18.2 Å². The van der Waals surface area contributed by atoms with Crippen LogP contribution < -0.4 is 5.32 Å². The number of ketones is 1. The second kappa shape index (κ2) is 12.5. The van der Waals surface area contributed by atoms with Crippen LogP contribution in [0.5, 0.6) is 23.0 Å². The van der Waals surface area contributed by atoms with Crippen molar-refractivity contribution in [2.45, 2.75) is 25.2 Å². The van der Waals surface area contributed by atoms with Gasteiger partial charge in [-0.15, -0.1) is 0 Å². The number of carbonyl (C=O) groups excluding carboxylic acids is 2. The van der Waals surface area contributed by atoms with Crippen molar-refractivity contribution >= 4 is 23.9 Å². The fourth-order valence-electron chi connectivity index (χ4n) is 4.51. The third-order valence-corrected chi connectivity index (χ3v) is 6.63. The van der Waals surface area contributed by atoms with Crippen LogP contribution in [0, 0.1) is 5.92 Å². The number of aliphatic hydroxyl groups is 1. The third-order valence-electron chi connectivity index (χ3n) is 6.63. The highest BCUT2D eigenvalue weighted by atomic mass is 16.5. The van der Waals surface area contributed by atoms with Crippen molar-refractivity contribution in [1.82, 2.24) is 5.32 Å². The van der Waals surface area contributed by atoms with Gasteiger partial charge in [0, 0.05) is 24.2 Å². The molecule has 41 heavy (non-hydrogen) atoms. The van der Waals surface area contributed by atoms with Crippen molar-refractivity contribution in [3.8, 4) is 23.0 Å². The lowest BCUT2D eigenvalue weighted by atomic mass is 9.95. The lowest BCUT2D eigenvalue weighted by Gasteiger charge is -2.22. The maximum absolute atomic E-state index is 13.0. The van der Waals surface area contributed by atoms with Gasteiger partial charge in [0.05, 0.1) is 16.7 Å². The van der Waals surface area contributed by atoms with Crippen molar-refractivity contribution in [2.75, 3.05) is 13.1 Å². The highest BCUT2D eigenvalue weighted by Gasteiger charge is 2.30. The highest BCUT2D eigenvalue weighted by molar-refractivity contribution is 6.18. The molecule has 3 atom stereocenters. The Kier molecular flexibility index (Phi) is 8.85. The van der Waals surface area contributed by atoms with E-state index in [-0.39, 0.29) is 11.3 Å². The molecule has 1 aliphatic heterocycles. The molecule has 12 nitrogen and oxygen atoms in total. The number of aromatic hydroxyl groups is 4. The zero-order valence-electron chi connectivity index (χ0n) is 21.6. The minimum atomic E-state index is -1.50. The molecule has 1 fully saturated rings. The SMILES string of the molecule is O=C(O[C@@H]1CCCNCC1/C=N/C(O)c1ccc(O)cc1)c1cc(O)c(C(=O)c2c(O)cccc2C(=O)O)c(O)c1. The molecule has 2 unspecified atom stereocenters. The van der Waals surface area contributed by atoms with Crippen LogP contribution in [0.1, 0.15) is 61.3 Å². The van der Waals surface area contributed by atoms with Gasteiger partial charge >= 0.3 is 11.9 Å². The zero-order valence-corrected chi connectivity index (χ0v) is 21.6. The molecule has 0 spiro atoms. The van der Waals surface area contributed by atoms with E-state index in [1.807, 2.05) is 0 Å². The average molecular weight is 565 g/mol. The maximum atomic E-state index is 13.0. The number of hydrogen-bond acceptors (Lipinski definition) is 11. The minimum Gasteiger partial charge on any atom is -0.508 e. The second-order valence-corrected chi connectivity index (χ2v) is 9.44. The summed E-state index contributed by atoms with van der Waals surface area (Å²) in [5.41, 5.74) is -1.69. The van der Waals surface area contributed by atoms with Gasteiger partial charge < -0.3 is 40.7 Å². The molecule has 0 saturated carbocycles. The molecule has 1 heterocycles. The number of aliphatic imine (C=N–C) groups is 1. The number of aromatic carboxylic acids is 1. The van der Waals surface area contributed by atoms with E-state index in [1.54, 1.807) is 0 Å². The molecule has 7 N–H and O–H groups in total. The van der Waals surface area contributed by atoms with E-state index in [1.165, 1.54) is 36.5 Å². The molecule has 1 saturated heterocycles. The van der Waals surface area contributed by atoms with E-state index in [4.69, 9.17) is 4.74 Å². The maximum Gasteiger partial charge on any atom is 0.338 e. The van der Waals surface area contributed by atoms with Crippen molar-refractivity contribution in [3.05, 3.63) is 82.4 Å². The Balaban J connectivity index is 1.54. The molecule has 0 amide bonds. The molecule has 12 heteroatoms. The molecule has 0 aromatic heterocycles. The fourth-order valence-corrected chi connectivity index (χ4v) is 4.51. The molecule has 4 rings (SSSR count). The first-order chi connectivity index (χ1) is 19.6. The number of nitrogens with zero attached hydrogens (tertiary/aromatic N) is 1. The number of ether oxygens (including phenoxy) is 1. The summed E-state index contributed by atoms with van der Waals surface area (Å²) in [4.78, 5) is 41.8. The minimum absolute atomic E-state index is 0.0440. The smallest absolute Gasteiger partial charge is 0.338 e. The van der Waals surface area contributed by atoms with Crippen LogP contribution in [0.25, 0.3) is 0 Å². The first-order valence-corrected chi connectivity index (χ1v) is 12.6. The van der Waals surface area contributed by atoms with E-state index in [2.05, 4.69) is 10.3 Å². The molecule has 214 valence electrons.